The molecule has 6 rings (SSSR count). The first-order valence-corrected chi connectivity index (χ1v) is 12.7. The van der Waals surface area contributed by atoms with Crippen molar-refractivity contribution >= 4 is 17.5 Å². The predicted octanol–water partition coefficient (Wildman–Crippen LogP) is 3.07. The van der Waals surface area contributed by atoms with Gasteiger partial charge in [-0.3, -0.25) is 10.3 Å². The number of thioether (sulfide) groups is 1. The molecule has 1 aromatic heterocycles. The predicted molar refractivity (Wildman–Crippen MR) is 133 cm³/mol. The van der Waals surface area contributed by atoms with Crippen molar-refractivity contribution in [1.29, 1.82) is 0 Å². The van der Waals surface area contributed by atoms with E-state index in [2.05, 4.69) is 75.3 Å². The number of ether oxygens (including phenoxy) is 1. The molecule has 0 aliphatic carbocycles. The summed E-state index contributed by atoms with van der Waals surface area (Å²) in [4.78, 5) is 2.55. The number of fused-ring (bicyclic) bond motifs is 2. The molecule has 0 radical (unpaired) electrons. The van der Waals surface area contributed by atoms with Gasteiger partial charge in [0.05, 0.1) is 24.1 Å². The lowest BCUT2D eigenvalue weighted by molar-refractivity contribution is 0.146. The Balaban J connectivity index is 1.26. The lowest BCUT2D eigenvalue weighted by atomic mass is 9.88. The fourth-order valence-electron chi connectivity index (χ4n) is 5.21. The fraction of sp³-hybridized carbons (Fsp3) is 0.400. The second-order valence-corrected chi connectivity index (χ2v) is 10.5. The van der Waals surface area contributed by atoms with Crippen molar-refractivity contribution in [3.63, 3.8) is 0 Å². The van der Waals surface area contributed by atoms with E-state index in [0.29, 0.717) is 12.0 Å². The van der Waals surface area contributed by atoms with Crippen LogP contribution in [0.25, 0.3) is 0 Å². The molecule has 2 aromatic carbocycles. The average Bonchev–Trinajstić information content (AvgIpc) is 3.47. The highest BCUT2D eigenvalue weighted by Gasteiger charge is 2.43. The van der Waals surface area contributed by atoms with Crippen molar-refractivity contribution < 1.29 is 4.74 Å². The Morgan fingerprint density at radius 1 is 1.06 bits per heavy atom. The maximum atomic E-state index is 5.32. The van der Waals surface area contributed by atoms with Gasteiger partial charge in [0.25, 0.3) is 0 Å². The molecular weight excluding hydrogens is 446 g/mol. The molecule has 34 heavy (non-hydrogen) atoms. The van der Waals surface area contributed by atoms with Gasteiger partial charge in [-0.2, -0.15) is 9.78 Å². The van der Waals surface area contributed by atoms with Crippen LogP contribution in [0.3, 0.4) is 0 Å². The summed E-state index contributed by atoms with van der Waals surface area (Å²) in [5.41, 5.74) is 10.5. The van der Waals surface area contributed by atoms with Crippen LogP contribution in [-0.2, 0) is 6.54 Å². The molecule has 0 saturated carbocycles. The van der Waals surface area contributed by atoms with Crippen molar-refractivity contribution in [1.82, 2.24) is 30.6 Å². The van der Waals surface area contributed by atoms with Crippen LogP contribution in [0.15, 0.2) is 64.9 Å². The zero-order chi connectivity index (χ0) is 23.1. The van der Waals surface area contributed by atoms with Crippen LogP contribution in [0.1, 0.15) is 36.3 Å². The quantitative estimate of drug-likeness (QED) is 0.587. The molecule has 2 fully saturated rings. The van der Waals surface area contributed by atoms with Crippen molar-refractivity contribution in [3.8, 4) is 5.75 Å². The molecule has 8 nitrogen and oxygen atoms in total. The zero-order valence-electron chi connectivity index (χ0n) is 19.4. The van der Waals surface area contributed by atoms with Gasteiger partial charge in [-0.25, -0.2) is 5.43 Å². The van der Waals surface area contributed by atoms with Gasteiger partial charge in [-0.15, -0.1) is 10.2 Å². The number of likely N-dealkylation sites (tertiary alicyclic amines) is 1. The summed E-state index contributed by atoms with van der Waals surface area (Å²) in [6.07, 6.45) is 1.11. The molecule has 4 heterocycles. The van der Waals surface area contributed by atoms with Crippen LogP contribution < -0.4 is 15.6 Å². The van der Waals surface area contributed by atoms with Crippen LogP contribution in [0.2, 0.25) is 0 Å². The maximum Gasteiger partial charge on any atom is 0.212 e. The second-order valence-electron chi connectivity index (χ2n) is 9.17. The van der Waals surface area contributed by atoms with Gasteiger partial charge in [0, 0.05) is 31.6 Å². The van der Waals surface area contributed by atoms with E-state index in [1.165, 1.54) is 5.56 Å². The molecule has 9 heteroatoms. The SMILES string of the molecule is COc1ccc(C2=Nn3c(nnc3C3NNC4CCN(Cc5ccccc5)CC43)SC2C)cc1. The van der Waals surface area contributed by atoms with Crippen molar-refractivity contribution in [2.45, 2.75) is 42.4 Å². The third kappa shape index (κ3) is 4.02. The number of rotatable bonds is 5. The van der Waals surface area contributed by atoms with E-state index in [4.69, 9.17) is 9.84 Å². The van der Waals surface area contributed by atoms with Gasteiger partial charge in [-0.1, -0.05) is 42.1 Å². The van der Waals surface area contributed by atoms with E-state index < -0.39 is 0 Å². The first-order valence-electron chi connectivity index (χ1n) is 11.8. The van der Waals surface area contributed by atoms with Crippen LogP contribution in [0.4, 0.5) is 0 Å². The van der Waals surface area contributed by atoms with E-state index in [1.54, 1.807) is 18.9 Å². The first-order chi connectivity index (χ1) is 16.7. The maximum absolute atomic E-state index is 5.32. The minimum absolute atomic E-state index is 0.0553. The second kappa shape index (κ2) is 9.14. The van der Waals surface area contributed by atoms with E-state index in [9.17, 15) is 0 Å². The number of aromatic nitrogens is 3. The first kappa shape index (κ1) is 21.8. The summed E-state index contributed by atoms with van der Waals surface area (Å²) in [6.45, 7) is 5.23. The minimum atomic E-state index is 0.0553. The molecule has 2 saturated heterocycles. The third-order valence-electron chi connectivity index (χ3n) is 7.02. The van der Waals surface area contributed by atoms with Gasteiger partial charge in [-0.05, 0) is 48.7 Å². The third-order valence-corrected chi connectivity index (χ3v) is 8.06. The topological polar surface area (TPSA) is 79.6 Å². The number of methoxy groups -OCH3 is 1. The van der Waals surface area contributed by atoms with Crippen LogP contribution >= 0.6 is 11.8 Å². The molecular formula is C25H29N7OS. The van der Waals surface area contributed by atoms with Gasteiger partial charge in [0.15, 0.2) is 5.82 Å². The van der Waals surface area contributed by atoms with E-state index in [1.807, 2.05) is 16.8 Å². The van der Waals surface area contributed by atoms with E-state index in [0.717, 1.165) is 54.1 Å². The standard InChI is InChI=1S/C25H29N7OS/c1-16-22(18-8-10-19(33-2)11-9-18)30-32-24(28-29-25(32)34-16)23-20-15-31(13-12-21(20)26-27-23)14-17-6-4-3-5-7-17/h3-11,16,20-21,23,26-27H,12-15H2,1-2H3. The normalized spacial score (nSPS) is 26.6. The van der Waals surface area contributed by atoms with E-state index in [-0.39, 0.29) is 11.3 Å². The lowest BCUT2D eigenvalue weighted by Crippen LogP contribution is -2.45. The lowest BCUT2D eigenvalue weighted by Gasteiger charge is -2.35. The van der Waals surface area contributed by atoms with Gasteiger partial charge < -0.3 is 4.74 Å². The number of nitrogens with zero attached hydrogens (tertiary/aromatic N) is 5. The molecule has 2 N–H and O–H groups in total. The molecule has 0 bridgehead atoms. The molecule has 3 aliphatic rings. The van der Waals surface area contributed by atoms with Crippen LogP contribution in [0.5, 0.6) is 5.75 Å². The van der Waals surface area contributed by atoms with Crippen molar-refractivity contribution in [2.24, 2.45) is 11.0 Å². The Morgan fingerprint density at radius 2 is 1.88 bits per heavy atom. The zero-order valence-corrected chi connectivity index (χ0v) is 20.2. The summed E-state index contributed by atoms with van der Waals surface area (Å²) >= 11 is 1.70. The molecule has 0 spiro atoms. The van der Waals surface area contributed by atoms with Crippen molar-refractivity contribution in [2.75, 3.05) is 20.2 Å². The Bertz CT molecular complexity index is 1180. The number of piperidine rings is 1. The fourth-order valence-corrected chi connectivity index (χ4v) is 6.14. The summed E-state index contributed by atoms with van der Waals surface area (Å²) in [7, 11) is 1.68. The highest BCUT2D eigenvalue weighted by Crippen LogP contribution is 2.37. The average molecular weight is 476 g/mol. The van der Waals surface area contributed by atoms with Crippen molar-refractivity contribution in [3.05, 3.63) is 71.5 Å². The molecule has 3 aliphatic heterocycles. The number of nitrogens with one attached hydrogen (secondary N) is 2. The number of hydrogen-bond acceptors (Lipinski definition) is 8. The highest BCUT2D eigenvalue weighted by atomic mass is 32.2. The largest absolute Gasteiger partial charge is 0.497 e. The minimum Gasteiger partial charge on any atom is -0.497 e. The Morgan fingerprint density at radius 3 is 2.68 bits per heavy atom. The molecule has 4 unspecified atom stereocenters. The number of hydrazine groups is 1. The number of benzene rings is 2. The summed E-state index contributed by atoms with van der Waals surface area (Å²) in [5.74, 6) is 2.12. The van der Waals surface area contributed by atoms with E-state index >= 15 is 0 Å². The highest BCUT2D eigenvalue weighted by molar-refractivity contribution is 8.00. The Hall–Kier alpha value is -2.72. The molecule has 0 amide bonds. The summed E-state index contributed by atoms with van der Waals surface area (Å²) in [6, 6.07) is 19.3. The summed E-state index contributed by atoms with van der Waals surface area (Å²) < 4.78 is 7.27. The monoisotopic (exact) mass is 475 g/mol. The van der Waals surface area contributed by atoms with Gasteiger partial charge in [0.1, 0.15) is 5.75 Å². The Labute approximate surface area is 203 Å². The molecule has 4 atom stereocenters. The smallest absolute Gasteiger partial charge is 0.212 e. The van der Waals surface area contributed by atoms with Gasteiger partial charge in [0.2, 0.25) is 5.16 Å². The van der Waals surface area contributed by atoms with Crippen LogP contribution in [-0.4, -0.2) is 57.0 Å². The number of hydrogen-bond donors (Lipinski definition) is 2. The Kier molecular flexibility index (Phi) is 5.86. The summed E-state index contributed by atoms with van der Waals surface area (Å²) in [5, 5.41) is 15.2. The molecule has 176 valence electrons. The molecule has 3 aromatic rings. The van der Waals surface area contributed by atoms with Gasteiger partial charge >= 0.3 is 0 Å². The van der Waals surface area contributed by atoms with Crippen LogP contribution in [0, 0.1) is 5.92 Å².